The molecule has 1 unspecified atom stereocenters. The molecule has 0 amide bonds. The zero-order valence-electron chi connectivity index (χ0n) is 11.2. The number of hydrogen-bond donors (Lipinski definition) is 2. The minimum atomic E-state index is 0.00461. The number of fused-ring (bicyclic) bond motifs is 1. The molecule has 5 nitrogen and oxygen atoms in total. The highest BCUT2D eigenvalue weighted by atomic mass is 16.3. The molecule has 0 aliphatic carbocycles. The number of nitrogens with two attached hydrogens (primary N) is 1. The second-order valence-electron chi connectivity index (χ2n) is 5.02. The first kappa shape index (κ1) is 13.0. The number of nitrogens with zero attached hydrogens (tertiary/aromatic N) is 3. The molecule has 2 aromatic rings. The van der Waals surface area contributed by atoms with E-state index in [0.29, 0.717) is 18.2 Å². The highest BCUT2D eigenvalue weighted by Gasteiger charge is 2.26. The summed E-state index contributed by atoms with van der Waals surface area (Å²) < 4.78 is 0. The van der Waals surface area contributed by atoms with Gasteiger partial charge in [0.15, 0.2) is 0 Å². The number of aliphatic hydroxyl groups is 1. The zero-order valence-corrected chi connectivity index (χ0v) is 11.2. The van der Waals surface area contributed by atoms with E-state index < -0.39 is 0 Å². The summed E-state index contributed by atoms with van der Waals surface area (Å²) in [5.74, 6) is 1.18. The standard InChI is InChI=1S/C15H18N4O/c16-14-5-7-17-15(18-14)9-19-8-6-11-3-1-2-4-12(11)13(19)10-20/h1-5,7,13,20H,6,8-10H2,(H2,16,17,18). The van der Waals surface area contributed by atoms with Crippen LogP contribution in [-0.4, -0.2) is 33.1 Å². The van der Waals surface area contributed by atoms with Crippen LogP contribution in [0.5, 0.6) is 0 Å². The molecule has 1 aliphatic heterocycles. The van der Waals surface area contributed by atoms with Gasteiger partial charge in [-0.25, -0.2) is 9.97 Å². The van der Waals surface area contributed by atoms with Crippen molar-refractivity contribution in [2.24, 2.45) is 0 Å². The second-order valence-corrected chi connectivity index (χ2v) is 5.02. The van der Waals surface area contributed by atoms with Crippen molar-refractivity contribution in [3.63, 3.8) is 0 Å². The quantitative estimate of drug-likeness (QED) is 0.875. The number of nitrogen functional groups attached to an aromatic ring is 1. The number of rotatable bonds is 3. The van der Waals surface area contributed by atoms with E-state index in [2.05, 4.69) is 27.0 Å². The molecule has 3 N–H and O–H groups in total. The number of hydrogen-bond acceptors (Lipinski definition) is 5. The van der Waals surface area contributed by atoms with Gasteiger partial charge in [0.2, 0.25) is 0 Å². The maximum absolute atomic E-state index is 9.73. The van der Waals surface area contributed by atoms with Gasteiger partial charge in [0.25, 0.3) is 0 Å². The van der Waals surface area contributed by atoms with Crippen LogP contribution >= 0.6 is 0 Å². The number of benzene rings is 1. The molecule has 0 spiro atoms. The monoisotopic (exact) mass is 270 g/mol. The molecule has 1 aromatic heterocycles. The maximum atomic E-state index is 9.73. The van der Waals surface area contributed by atoms with Gasteiger partial charge in [0, 0.05) is 12.7 Å². The molecule has 0 bridgehead atoms. The molecule has 1 atom stereocenters. The largest absolute Gasteiger partial charge is 0.394 e. The number of aliphatic hydroxyl groups excluding tert-OH is 1. The van der Waals surface area contributed by atoms with E-state index in [1.807, 2.05) is 12.1 Å². The van der Waals surface area contributed by atoms with E-state index in [-0.39, 0.29) is 12.6 Å². The van der Waals surface area contributed by atoms with E-state index in [4.69, 9.17) is 5.73 Å². The highest BCUT2D eigenvalue weighted by molar-refractivity contribution is 5.33. The Balaban J connectivity index is 1.84. The van der Waals surface area contributed by atoms with Crippen molar-refractivity contribution in [2.45, 2.75) is 19.0 Å². The van der Waals surface area contributed by atoms with Crippen LogP contribution in [0, 0.1) is 0 Å². The summed E-state index contributed by atoms with van der Waals surface area (Å²) in [4.78, 5) is 10.7. The van der Waals surface area contributed by atoms with Gasteiger partial charge in [-0.15, -0.1) is 0 Å². The Morgan fingerprint density at radius 1 is 1.30 bits per heavy atom. The van der Waals surface area contributed by atoms with Crippen molar-refractivity contribution in [1.29, 1.82) is 0 Å². The van der Waals surface area contributed by atoms with Crippen molar-refractivity contribution >= 4 is 5.82 Å². The van der Waals surface area contributed by atoms with Gasteiger partial charge in [-0.3, -0.25) is 4.90 Å². The van der Waals surface area contributed by atoms with Crippen LogP contribution in [0.25, 0.3) is 0 Å². The second kappa shape index (κ2) is 5.56. The van der Waals surface area contributed by atoms with Crippen LogP contribution in [0.1, 0.15) is 23.0 Å². The van der Waals surface area contributed by atoms with Gasteiger partial charge in [-0.1, -0.05) is 24.3 Å². The average Bonchev–Trinajstić information content (AvgIpc) is 2.47. The zero-order chi connectivity index (χ0) is 13.9. The predicted octanol–water partition coefficient (Wildman–Crippen LogP) is 1.15. The van der Waals surface area contributed by atoms with E-state index in [1.54, 1.807) is 12.3 Å². The molecule has 1 aromatic carbocycles. The number of anilines is 1. The van der Waals surface area contributed by atoms with Crippen molar-refractivity contribution in [3.05, 3.63) is 53.5 Å². The fourth-order valence-corrected chi connectivity index (χ4v) is 2.78. The molecule has 20 heavy (non-hydrogen) atoms. The summed E-state index contributed by atoms with van der Waals surface area (Å²) >= 11 is 0. The Kier molecular flexibility index (Phi) is 3.62. The third kappa shape index (κ3) is 2.50. The highest BCUT2D eigenvalue weighted by Crippen LogP contribution is 2.29. The minimum absolute atomic E-state index is 0.00461. The molecule has 1 aliphatic rings. The first-order valence-corrected chi connectivity index (χ1v) is 6.78. The summed E-state index contributed by atoms with van der Waals surface area (Å²) in [5, 5.41) is 9.73. The van der Waals surface area contributed by atoms with E-state index in [0.717, 1.165) is 13.0 Å². The Labute approximate surface area is 118 Å². The lowest BCUT2D eigenvalue weighted by molar-refractivity contribution is 0.106. The Bertz CT molecular complexity index is 602. The van der Waals surface area contributed by atoms with Gasteiger partial charge in [-0.05, 0) is 23.6 Å². The van der Waals surface area contributed by atoms with Crippen molar-refractivity contribution in [2.75, 3.05) is 18.9 Å². The topological polar surface area (TPSA) is 75.3 Å². The first-order valence-electron chi connectivity index (χ1n) is 6.78. The average molecular weight is 270 g/mol. The normalized spacial score (nSPS) is 18.8. The summed E-state index contributed by atoms with van der Waals surface area (Å²) in [6.07, 6.45) is 2.65. The lowest BCUT2D eigenvalue weighted by atomic mass is 9.93. The van der Waals surface area contributed by atoms with Gasteiger partial charge < -0.3 is 10.8 Å². The summed E-state index contributed by atoms with van der Waals surface area (Å²) in [5.41, 5.74) is 8.20. The summed E-state index contributed by atoms with van der Waals surface area (Å²) in [6, 6.07) is 9.96. The van der Waals surface area contributed by atoms with Crippen LogP contribution in [0.3, 0.4) is 0 Å². The van der Waals surface area contributed by atoms with Crippen LogP contribution in [0.4, 0.5) is 5.82 Å². The summed E-state index contributed by atoms with van der Waals surface area (Å²) in [7, 11) is 0. The van der Waals surface area contributed by atoms with Gasteiger partial charge in [-0.2, -0.15) is 0 Å². The molecule has 0 saturated heterocycles. The molecule has 2 heterocycles. The van der Waals surface area contributed by atoms with Crippen LogP contribution in [-0.2, 0) is 13.0 Å². The molecule has 5 heteroatoms. The molecule has 3 rings (SSSR count). The smallest absolute Gasteiger partial charge is 0.144 e. The van der Waals surface area contributed by atoms with Crippen LogP contribution in [0.15, 0.2) is 36.5 Å². The lowest BCUT2D eigenvalue weighted by Crippen LogP contribution is -2.37. The predicted molar refractivity (Wildman–Crippen MR) is 76.8 cm³/mol. The Morgan fingerprint density at radius 3 is 2.95 bits per heavy atom. The van der Waals surface area contributed by atoms with Crippen molar-refractivity contribution in [3.8, 4) is 0 Å². The third-order valence-corrected chi connectivity index (χ3v) is 3.77. The molecular weight excluding hydrogens is 252 g/mol. The van der Waals surface area contributed by atoms with E-state index >= 15 is 0 Å². The van der Waals surface area contributed by atoms with E-state index in [1.165, 1.54) is 11.1 Å². The Hall–Kier alpha value is -1.98. The van der Waals surface area contributed by atoms with Crippen molar-refractivity contribution in [1.82, 2.24) is 14.9 Å². The molecule has 0 fully saturated rings. The maximum Gasteiger partial charge on any atom is 0.144 e. The minimum Gasteiger partial charge on any atom is -0.394 e. The van der Waals surface area contributed by atoms with Crippen molar-refractivity contribution < 1.29 is 5.11 Å². The third-order valence-electron chi connectivity index (χ3n) is 3.77. The first-order chi connectivity index (χ1) is 9.78. The molecular formula is C15H18N4O. The van der Waals surface area contributed by atoms with Gasteiger partial charge >= 0.3 is 0 Å². The molecule has 0 radical (unpaired) electrons. The van der Waals surface area contributed by atoms with Gasteiger partial charge in [0.1, 0.15) is 11.6 Å². The van der Waals surface area contributed by atoms with E-state index in [9.17, 15) is 5.11 Å². The Morgan fingerprint density at radius 2 is 2.15 bits per heavy atom. The van der Waals surface area contributed by atoms with Crippen LogP contribution in [0.2, 0.25) is 0 Å². The fourth-order valence-electron chi connectivity index (χ4n) is 2.78. The lowest BCUT2D eigenvalue weighted by Gasteiger charge is -2.35. The fraction of sp³-hybridized carbons (Fsp3) is 0.333. The SMILES string of the molecule is Nc1ccnc(CN2CCc3ccccc3C2CO)n1. The van der Waals surface area contributed by atoms with Gasteiger partial charge in [0.05, 0.1) is 19.2 Å². The number of aromatic nitrogens is 2. The van der Waals surface area contributed by atoms with Crippen LogP contribution < -0.4 is 5.73 Å². The molecule has 0 saturated carbocycles. The molecule has 104 valence electrons. The summed E-state index contributed by atoms with van der Waals surface area (Å²) in [6.45, 7) is 1.59.